The van der Waals surface area contributed by atoms with Gasteiger partial charge >= 0.3 is 5.63 Å². The molecule has 1 amide bonds. The minimum atomic E-state index is -0.631. The first-order chi connectivity index (χ1) is 14.7. The third kappa shape index (κ3) is 3.35. The van der Waals surface area contributed by atoms with Gasteiger partial charge < -0.3 is 14.1 Å². The third-order valence-corrected chi connectivity index (χ3v) is 5.32. The first kappa shape index (κ1) is 18.2. The van der Waals surface area contributed by atoms with Crippen LogP contribution in [0.15, 0.2) is 94.1 Å². The van der Waals surface area contributed by atoms with Crippen LogP contribution in [0.2, 0.25) is 0 Å². The van der Waals surface area contributed by atoms with E-state index in [2.05, 4.69) is 0 Å². The molecule has 1 atom stereocenters. The van der Waals surface area contributed by atoms with Crippen LogP contribution in [0, 0.1) is 0 Å². The number of carbonyl (C=O) groups excluding carboxylic acids is 1. The lowest BCUT2D eigenvalue weighted by Crippen LogP contribution is -2.36. The highest BCUT2D eigenvalue weighted by atomic mass is 16.5. The zero-order chi connectivity index (χ0) is 20.5. The van der Waals surface area contributed by atoms with Crippen molar-refractivity contribution in [3.05, 3.63) is 112 Å². The van der Waals surface area contributed by atoms with Crippen molar-refractivity contribution >= 4 is 16.9 Å². The zero-order valence-electron chi connectivity index (χ0n) is 16.2. The van der Waals surface area contributed by atoms with Gasteiger partial charge in [-0.05, 0) is 23.8 Å². The Morgan fingerprint density at radius 1 is 0.900 bits per heavy atom. The summed E-state index contributed by atoms with van der Waals surface area (Å²) in [5, 5.41) is 0.714. The molecule has 1 aliphatic rings. The van der Waals surface area contributed by atoms with Crippen molar-refractivity contribution in [1.82, 2.24) is 4.90 Å². The summed E-state index contributed by atoms with van der Waals surface area (Å²) in [7, 11) is 0. The molecule has 0 radical (unpaired) electrons. The Hall–Kier alpha value is -3.86. The van der Waals surface area contributed by atoms with E-state index in [9.17, 15) is 9.59 Å². The fourth-order valence-electron chi connectivity index (χ4n) is 3.79. The second-order valence-electron chi connectivity index (χ2n) is 7.30. The Bertz CT molecular complexity index is 1280. The monoisotopic (exact) mass is 397 g/mol. The summed E-state index contributed by atoms with van der Waals surface area (Å²) in [6.45, 7) is 0.675. The summed E-state index contributed by atoms with van der Waals surface area (Å²) in [6.07, 6.45) is -0.341. The Morgan fingerprint density at radius 2 is 1.63 bits per heavy atom. The molecule has 3 aromatic carbocycles. The molecule has 5 nitrogen and oxygen atoms in total. The molecule has 0 saturated heterocycles. The lowest BCUT2D eigenvalue weighted by atomic mass is 10.1. The Balaban J connectivity index is 1.56. The normalized spacial score (nSPS) is 15.9. The minimum absolute atomic E-state index is 0.0277. The molecule has 4 aromatic rings. The lowest BCUT2D eigenvalue weighted by molar-refractivity contribution is 0.0673. The summed E-state index contributed by atoms with van der Waals surface area (Å²) < 4.78 is 11.6. The minimum Gasteiger partial charge on any atom is -0.484 e. The van der Waals surface area contributed by atoms with Crippen molar-refractivity contribution in [2.45, 2.75) is 12.6 Å². The smallest absolute Gasteiger partial charge is 0.349 e. The van der Waals surface area contributed by atoms with Gasteiger partial charge in [-0.3, -0.25) is 4.79 Å². The maximum atomic E-state index is 13.4. The molecule has 0 unspecified atom stereocenters. The number of rotatable bonds is 2. The van der Waals surface area contributed by atoms with Gasteiger partial charge in [0, 0.05) is 17.5 Å². The molecule has 148 valence electrons. The van der Waals surface area contributed by atoms with Crippen LogP contribution in [0.3, 0.4) is 0 Å². The average molecular weight is 397 g/mol. The molecule has 1 aliphatic heterocycles. The molecule has 0 N–H and O–H groups in total. The maximum absolute atomic E-state index is 13.4. The van der Waals surface area contributed by atoms with E-state index in [0.717, 1.165) is 16.9 Å². The molecule has 0 saturated carbocycles. The van der Waals surface area contributed by atoms with Crippen molar-refractivity contribution in [3.8, 4) is 5.75 Å². The predicted molar refractivity (Wildman–Crippen MR) is 113 cm³/mol. The van der Waals surface area contributed by atoms with Gasteiger partial charge in [-0.1, -0.05) is 66.7 Å². The highest BCUT2D eigenvalue weighted by Gasteiger charge is 2.29. The fraction of sp³-hybridized carbons (Fsp3) is 0.120. The van der Waals surface area contributed by atoms with E-state index in [1.165, 1.54) is 0 Å². The summed E-state index contributed by atoms with van der Waals surface area (Å²) in [5.41, 5.74) is 1.73. The summed E-state index contributed by atoms with van der Waals surface area (Å²) in [5.74, 6) is 0.378. The molecule has 0 fully saturated rings. The number of hydrogen-bond donors (Lipinski definition) is 0. The first-order valence-electron chi connectivity index (χ1n) is 9.81. The standard InChI is InChI=1S/C25H19NO4/c27-24(20-14-18-10-4-6-12-21(18)30-25(20)28)26-15-19-11-5-7-13-22(19)29-23(16-26)17-8-2-1-3-9-17/h1-14,23H,15-16H2/t23-/m0/s1. The van der Waals surface area contributed by atoms with Crippen molar-refractivity contribution in [2.24, 2.45) is 0 Å². The van der Waals surface area contributed by atoms with E-state index in [0.29, 0.717) is 24.1 Å². The van der Waals surface area contributed by atoms with E-state index in [1.54, 1.807) is 23.1 Å². The Morgan fingerprint density at radius 3 is 2.50 bits per heavy atom. The molecule has 0 spiro atoms. The summed E-state index contributed by atoms with van der Waals surface area (Å²) >= 11 is 0. The average Bonchev–Trinajstić information content (AvgIpc) is 2.98. The number of para-hydroxylation sites is 2. The fourth-order valence-corrected chi connectivity index (χ4v) is 3.79. The number of amides is 1. The highest BCUT2D eigenvalue weighted by Crippen LogP contribution is 2.31. The number of ether oxygens (including phenoxy) is 1. The van der Waals surface area contributed by atoms with Crippen molar-refractivity contribution < 1.29 is 13.9 Å². The molecule has 0 bridgehead atoms. The number of hydrogen-bond acceptors (Lipinski definition) is 4. The van der Waals surface area contributed by atoms with Crippen LogP contribution in [0.25, 0.3) is 11.0 Å². The van der Waals surface area contributed by atoms with E-state index < -0.39 is 5.63 Å². The number of carbonyl (C=O) groups is 1. The number of nitrogens with zero attached hydrogens (tertiary/aromatic N) is 1. The van der Waals surface area contributed by atoms with Gasteiger partial charge in [-0.25, -0.2) is 4.79 Å². The number of benzene rings is 3. The molecule has 0 aliphatic carbocycles. The van der Waals surface area contributed by atoms with Crippen LogP contribution in [0.5, 0.6) is 5.75 Å². The third-order valence-electron chi connectivity index (χ3n) is 5.32. The van der Waals surface area contributed by atoms with E-state index in [1.807, 2.05) is 66.7 Å². The zero-order valence-corrected chi connectivity index (χ0v) is 16.2. The molecule has 5 rings (SSSR count). The molecule has 2 heterocycles. The van der Waals surface area contributed by atoms with Gasteiger partial charge in [0.1, 0.15) is 23.0 Å². The SMILES string of the molecule is O=C(c1cc2ccccc2oc1=O)N1Cc2ccccc2O[C@H](c2ccccc2)C1. The molecule has 1 aromatic heterocycles. The van der Waals surface area contributed by atoms with Gasteiger partial charge in [0.15, 0.2) is 0 Å². The lowest BCUT2D eigenvalue weighted by Gasteiger charge is -2.24. The second kappa shape index (κ2) is 7.52. The Labute approximate surface area is 173 Å². The molecular weight excluding hydrogens is 378 g/mol. The quantitative estimate of drug-likeness (QED) is 0.465. The summed E-state index contributed by atoms with van der Waals surface area (Å²) in [4.78, 5) is 27.6. The van der Waals surface area contributed by atoms with E-state index in [-0.39, 0.29) is 17.6 Å². The van der Waals surface area contributed by atoms with Crippen molar-refractivity contribution in [2.75, 3.05) is 6.54 Å². The van der Waals surface area contributed by atoms with Crippen LogP contribution in [0.1, 0.15) is 27.6 Å². The summed E-state index contributed by atoms with van der Waals surface area (Å²) in [6, 6.07) is 26.2. The Kier molecular flexibility index (Phi) is 4.56. The van der Waals surface area contributed by atoms with Crippen LogP contribution in [0.4, 0.5) is 0 Å². The van der Waals surface area contributed by atoms with Gasteiger partial charge in [0.25, 0.3) is 5.91 Å². The van der Waals surface area contributed by atoms with Crippen LogP contribution >= 0.6 is 0 Å². The second-order valence-corrected chi connectivity index (χ2v) is 7.30. The van der Waals surface area contributed by atoms with Crippen LogP contribution < -0.4 is 10.4 Å². The van der Waals surface area contributed by atoms with Gasteiger partial charge in [0.05, 0.1) is 6.54 Å². The molecular formula is C25H19NO4. The predicted octanol–water partition coefficient (Wildman–Crippen LogP) is 4.57. The van der Waals surface area contributed by atoms with E-state index in [4.69, 9.17) is 9.15 Å². The van der Waals surface area contributed by atoms with Crippen molar-refractivity contribution in [3.63, 3.8) is 0 Å². The maximum Gasteiger partial charge on any atom is 0.349 e. The highest BCUT2D eigenvalue weighted by molar-refractivity contribution is 5.96. The van der Waals surface area contributed by atoms with Gasteiger partial charge in [-0.2, -0.15) is 0 Å². The van der Waals surface area contributed by atoms with Crippen LogP contribution in [-0.2, 0) is 6.54 Å². The van der Waals surface area contributed by atoms with Gasteiger partial charge in [-0.15, -0.1) is 0 Å². The first-order valence-corrected chi connectivity index (χ1v) is 9.81. The molecule has 5 heteroatoms. The van der Waals surface area contributed by atoms with Crippen molar-refractivity contribution in [1.29, 1.82) is 0 Å². The van der Waals surface area contributed by atoms with E-state index >= 15 is 0 Å². The van der Waals surface area contributed by atoms with Crippen LogP contribution in [-0.4, -0.2) is 17.4 Å². The number of fused-ring (bicyclic) bond motifs is 2. The largest absolute Gasteiger partial charge is 0.484 e. The van der Waals surface area contributed by atoms with Gasteiger partial charge in [0.2, 0.25) is 0 Å². The molecule has 30 heavy (non-hydrogen) atoms. The topological polar surface area (TPSA) is 59.8 Å².